The fourth-order valence-corrected chi connectivity index (χ4v) is 4.45. The topological polar surface area (TPSA) is 55.2 Å². The van der Waals surface area contributed by atoms with Crippen LogP contribution in [0.1, 0.15) is 38.2 Å². The van der Waals surface area contributed by atoms with E-state index in [0.717, 1.165) is 11.8 Å². The van der Waals surface area contributed by atoms with Gasteiger partial charge >= 0.3 is 0 Å². The molecule has 2 bridgehead atoms. The third-order valence-electron chi connectivity index (χ3n) is 5.33. The fraction of sp³-hybridized carbons (Fsp3) is 0.625. The molecule has 4 unspecified atom stereocenters. The molecule has 3 rings (SSSR count). The quantitative estimate of drug-likeness (QED) is 0.656. The van der Waals surface area contributed by atoms with Crippen molar-refractivity contribution in [1.29, 1.82) is 0 Å². The molecule has 114 valence electrons. The standard InChI is InChI=1S/C16H21ClN2O2/c1-10(13-8-11-5-6-12(13)7-11)18-9-14-15(17)3-2-4-16(14)19(20)21/h2-4,10-13,18H,5-9H2,1H3. The van der Waals surface area contributed by atoms with Gasteiger partial charge in [0.15, 0.2) is 0 Å². The predicted molar refractivity (Wildman–Crippen MR) is 83.3 cm³/mol. The third-order valence-corrected chi connectivity index (χ3v) is 5.68. The van der Waals surface area contributed by atoms with Gasteiger partial charge in [0.1, 0.15) is 0 Å². The summed E-state index contributed by atoms with van der Waals surface area (Å²) in [5.74, 6) is 2.47. The van der Waals surface area contributed by atoms with Crippen LogP contribution in [0, 0.1) is 27.9 Å². The summed E-state index contributed by atoms with van der Waals surface area (Å²) in [7, 11) is 0. The molecule has 4 nitrogen and oxygen atoms in total. The molecule has 0 aromatic heterocycles. The van der Waals surface area contributed by atoms with Gasteiger partial charge in [0.05, 0.1) is 15.5 Å². The highest BCUT2D eigenvalue weighted by Gasteiger charge is 2.41. The summed E-state index contributed by atoms with van der Waals surface area (Å²) in [6.45, 7) is 2.67. The van der Waals surface area contributed by atoms with Crippen molar-refractivity contribution < 1.29 is 4.92 Å². The lowest BCUT2D eigenvalue weighted by Crippen LogP contribution is -2.36. The first-order valence-electron chi connectivity index (χ1n) is 7.71. The molecule has 1 aromatic rings. The second-order valence-electron chi connectivity index (χ2n) is 6.50. The molecule has 0 heterocycles. The van der Waals surface area contributed by atoms with Crippen LogP contribution in [0.25, 0.3) is 0 Å². The summed E-state index contributed by atoms with van der Waals surface area (Å²) in [5.41, 5.74) is 0.703. The van der Waals surface area contributed by atoms with E-state index in [1.165, 1.54) is 31.7 Å². The Hall–Kier alpha value is -1.13. The van der Waals surface area contributed by atoms with Crippen molar-refractivity contribution in [3.05, 3.63) is 38.9 Å². The first kappa shape index (κ1) is 14.8. The van der Waals surface area contributed by atoms with Gasteiger partial charge in [0.25, 0.3) is 5.69 Å². The summed E-state index contributed by atoms with van der Waals surface area (Å²) >= 11 is 6.14. The maximum absolute atomic E-state index is 11.1. The van der Waals surface area contributed by atoms with E-state index in [2.05, 4.69) is 12.2 Å². The average Bonchev–Trinajstić information content (AvgIpc) is 3.08. The normalized spacial score (nSPS) is 28.8. The smallest absolute Gasteiger partial charge is 0.275 e. The molecule has 1 N–H and O–H groups in total. The number of benzene rings is 1. The molecule has 2 aliphatic carbocycles. The van der Waals surface area contributed by atoms with Gasteiger partial charge in [0, 0.05) is 18.7 Å². The lowest BCUT2D eigenvalue weighted by atomic mass is 9.84. The van der Waals surface area contributed by atoms with Gasteiger partial charge in [-0.3, -0.25) is 10.1 Å². The Bertz CT molecular complexity index is 549. The largest absolute Gasteiger partial charge is 0.310 e. The maximum Gasteiger partial charge on any atom is 0.275 e. The molecule has 2 fully saturated rings. The van der Waals surface area contributed by atoms with Crippen molar-refractivity contribution in [2.45, 2.75) is 45.2 Å². The number of nitro benzene ring substituents is 1. The molecule has 0 radical (unpaired) electrons. The zero-order valence-corrected chi connectivity index (χ0v) is 13.0. The number of nitro groups is 1. The Labute approximate surface area is 130 Å². The highest BCUT2D eigenvalue weighted by atomic mass is 35.5. The van der Waals surface area contributed by atoms with Crippen molar-refractivity contribution in [2.75, 3.05) is 0 Å². The summed E-state index contributed by atoms with van der Waals surface area (Å²) in [6, 6.07) is 5.25. The zero-order valence-electron chi connectivity index (χ0n) is 12.2. The molecular formula is C16H21ClN2O2. The van der Waals surface area contributed by atoms with E-state index in [1.54, 1.807) is 12.1 Å². The van der Waals surface area contributed by atoms with Crippen molar-refractivity contribution in [2.24, 2.45) is 17.8 Å². The second kappa shape index (κ2) is 5.93. The van der Waals surface area contributed by atoms with E-state index in [0.29, 0.717) is 29.1 Å². The first-order chi connectivity index (χ1) is 10.1. The highest BCUT2D eigenvalue weighted by Crippen LogP contribution is 2.49. The highest BCUT2D eigenvalue weighted by molar-refractivity contribution is 6.31. The van der Waals surface area contributed by atoms with Gasteiger partial charge in [0.2, 0.25) is 0 Å². The van der Waals surface area contributed by atoms with Gasteiger partial charge < -0.3 is 5.32 Å². The minimum absolute atomic E-state index is 0.107. The number of nitrogens with zero attached hydrogens (tertiary/aromatic N) is 1. The van der Waals surface area contributed by atoms with Crippen LogP contribution in [0.4, 0.5) is 5.69 Å². The Kier molecular flexibility index (Phi) is 4.18. The number of rotatable bonds is 5. The molecule has 0 spiro atoms. The van der Waals surface area contributed by atoms with E-state index < -0.39 is 0 Å². The molecule has 5 heteroatoms. The van der Waals surface area contributed by atoms with E-state index in [1.807, 2.05) is 0 Å². The lowest BCUT2D eigenvalue weighted by molar-refractivity contribution is -0.385. The fourth-order valence-electron chi connectivity index (χ4n) is 4.21. The monoisotopic (exact) mass is 308 g/mol. The van der Waals surface area contributed by atoms with Crippen molar-refractivity contribution in [3.63, 3.8) is 0 Å². The van der Waals surface area contributed by atoms with Crippen LogP contribution < -0.4 is 5.32 Å². The van der Waals surface area contributed by atoms with E-state index in [4.69, 9.17) is 11.6 Å². The van der Waals surface area contributed by atoms with Crippen LogP contribution in [0.3, 0.4) is 0 Å². The predicted octanol–water partition coefficient (Wildman–Crippen LogP) is 4.16. The first-order valence-corrected chi connectivity index (χ1v) is 8.09. The van der Waals surface area contributed by atoms with Gasteiger partial charge in [-0.15, -0.1) is 0 Å². The van der Waals surface area contributed by atoms with Crippen LogP contribution >= 0.6 is 11.6 Å². The van der Waals surface area contributed by atoms with Crippen LogP contribution in [0.2, 0.25) is 5.02 Å². The number of fused-ring (bicyclic) bond motifs is 2. The maximum atomic E-state index is 11.1. The Morgan fingerprint density at radius 2 is 2.24 bits per heavy atom. The van der Waals surface area contributed by atoms with Gasteiger partial charge in [-0.25, -0.2) is 0 Å². The Morgan fingerprint density at radius 3 is 2.86 bits per heavy atom. The van der Waals surface area contributed by atoms with Crippen LogP contribution in [-0.2, 0) is 6.54 Å². The van der Waals surface area contributed by atoms with Crippen molar-refractivity contribution in [3.8, 4) is 0 Å². The average molecular weight is 309 g/mol. The molecule has 0 saturated heterocycles. The Morgan fingerprint density at radius 1 is 1.43 bits per heavy atom. The SMILES string of the molecule is CC(NCc1c(Cl)cccc1[N+](=O)[O-])C1CC2CCC1C2. The second-order valence-corrected chi connectivity index (χ2v) is 6.91. The molecule has 2 aliphatic rings. The van der Waals surface area contributed by atoms with Gasteiger partial charge in [-0.1, -0.05) is 24.1 Å². The summed E-state index contributed by atoms with van der Waals surface area (Å²) in [6.07, 6.45) is 5.43. The van der Waals surface area contributed by atoms with Gasteiger partial charge in [-0.2, -0.15) is 0 Å². The molecule has 0 amide bonds. The van der Waals surface area contributed by atoms with Crippen LogP contribution in [0.5, 0.6) is 0 Å². The summed E-state index contributed by atoms with van der Waals surface area (Å²) in [5, 5.41) is 15.0. The molecular weight excluding hydrogens is 288 g/mol. The minimum Gasteiger partial charge on any atom is -0.310 e. The number of nitrogens with one attached hydrogen (secondary N) is 1. The van der Waals surface area contributed by atoms with Crippen molar-refractivity contribution in [1.82, 2.24) is 5.32 Å². The third kappa shape index (κ3) is 2.92. The molecule has 4 atom stereocenters. The molecule has 2 saturated carbocycles. The summed E-state index contributed by atoms with van der Waals surface area (Å²) < 4.78 is 0. The molecule has 0 aliphatic heterocycles. The minimum atomic E-state index is -0.356. The van der Waals surface area contributed by atoms with E-state index in [-0.39, 0.29) is 10.6 Å². The lowest BCUT2D eigenvalue weighted by Gasteiger charge is -2.28. The van der Waals surface area contributed by atoms with E-state index in [9.17, 15) is 10.1 Å². The number of hydrogen-bond acceptors (Lipinski definition) is 3. The zero-order chi connectivity index (χ0) is 15.0. The van der Waals surface area contributed by atoms with Crippen LogP contribution in [-0.4, -0.2) is 11.0 Å². The van der Waals surface area contributed by atoms with E-state index >= 15 is 0 Å². The number of hydrogen-bond donors (Lipinski definition) is 1. The summed E-state index contributed by atoms with van der Waals surface area (Å²) in [4.78, 5) is 10.7. The molecule has 21 heavy (non-hydrogen) atoms. The van der Waals surface area contributed by atoms with Crippen molar-refractivity contribution >= 4 is 17.3 Å². The molecule has 1 aromatic carbocycles. The Balaban J connectivity index is 1.66. The van der Waals surface area contributed by atoms with Crippen LogP contribution in [0.15, 0.2) is 18.2 Å². The number of halogens is 1. The van der Waals surface area contributed by atoms with Gasteiger partial charge in [-0.05, 0) is 50.0 Å².